The standard InChI is InChI=1S/C13H9F6NO2/c14-12(15,16)8-3-7(4-9(5-8)13(17,18)19)11-2-1-10(22-11)6-20-21/h1-6,10-11,21H/b20-6+. The molecular weight excluding hydrogens is 316 g/mol. The Bertz CT molecular complexity index is 573. The van der Waals surface area contributed by atoms with Crippen LogP contribution in [0.2, 0.25) is 0 Å². The number of alkyl halides is 6. The third kappa shape index (κ3) is 3.59. The van der Waals surface area contributed by atoms with Gasteiger partial charge in [-0.15, -0.1) is 0 Å². The molecule has 2 atom stereocenters. The van der Waals surface area contributed by atoms with Crippen LogP contribution in [0.25, 0.3) is 0 Å². The molecule has 2 rings (SSSR count). The Balaban J connectivity index is 2.42. The Hall–Kier alpha value is -2.03. The average molecular weight is 325 g/mol. The molecule has 0 aromatic heterocycles. The monoisotopic (exact) mass is 325 g/mol. The molecule has 2 unspecified atom stereocenters. The minimum Gasteiger partial charge on any atom is -0.411 e. The second-order valence-electron chi connectivity index (χ2n) is 4.51. The van der Waals surface area contributed by atoms with Crippen molar-refractivity contribution in [2.24, 2.45) is 5.16 Å². The highest BCUT2D eigenvalue weighted by molar-refractivity contribution is 5.66. The number of oxime groups is 1. The third-order valence-electron chi connectivity index (χ3n) is 2.93. The molecule has 0 saturated heterocycles. The van der Waals surface area contributed by atoms with Crippen LogP contribution in [-0.2, 0) is 17.1 Å². The third-order valence-corrected chi connectivity index (χ3v) is 2.93. The van der Waals surface area contributed by atoms with Crippen LogP contribution < -0.4 is 0 Å². The van der Waals surface area contributed by atoms with Crippen molar-refractivity contribution in [1.29, 1.82) is 0 Å². The molecule has 1 aliphatic rings. The van der Waals surface area contributed by atoms with Crippen LogP contribution in [0.4, 0.5) is 26.3 Å². The average Bonchev–Trinajstić information content (AvgIpc) is 2.85. The van der Waals surface area contributed by atoms with Crippen molar-refractivity contribution in [3.8, 4) is 0 Å². The first-order chi connectivity index (χ1) is 10.1. The van der Waals surface area contributed by atoms with Gasteiger partial charge >= 0.3 is 12.4 Å². The van der Waals surface area contributed by atoms with E-state index in [0.717, 1.165) is 6.21 Å². The molecule has 0 bridgehead atoms. The topological polar surface area (TPSA) is 41.8 Å². The van der Waals surface area contributed by atoms with E-state index in [0.29, 0.717) is 12.1 Å². The molecule has 1 aromatic rings. The summed E-state index contributed by atoms with van der Waals surface area (Å²) in [6.45, 7) is 0. The first-order valence-electron chi connectivity index (χ1n) is 5.92. The summed E-state index contributed by atoms with van der Waals surface area (Å²) in [6, 6.07) is 1.25. The van der Waals surface area contributed by atoms with Gasteiger partial charge in [-0.25, -0.2) is 0 Å². The number of hydrogen-bond acceptors (Lipinski definition) is 3. The lowest BCUT2D eigenvalue weighted by atomic mass is 10.0. The van der Waals surface area contributed by atoms with Gasteiger partial charge in [0.1, 0.15) is 12.2 Å². The fourth-order valence-electron chi connectivity index (χ4n) is 1.95. The van der Waals surface area contributed by atoms with Crippen molar-refractivity contribution in [3.63, 3.8) is 0 Å². The first-order valence-corrected chi connectivity index (χ1v) is 5.92. The Morgan fingerprint density at radius 1 is 0.955 bits per heavy atom. The number of benzene rings is 1. The van der Waals surface area contributed by atoms with Crippen molar-refractivity contribution < 1.29 is 36.3 Å². The fourth-order valence-corrected chi connectivity index (χ4v) is 1.95. The summed E-state index contributed by atoms with van der Waals surface area (Å²) >= 11 is 0. The molecule has 1 aromatic carbocycles. The molecule has 0 spiro atoms. The molecular formula is C13H9F6NO2. The van der Waals surface area contributed by atoms with Crippen LogP contribution in [0.1, 0.15) is 22.8 Å². The zero-order valence-corrected chi connectivity index (χ0v) is 10.7. The molecule has 22 heavy (non-hydrogen) atoms. The van der Waals surface area contributed by atoms with Crippen LogP contribution in [0.15, 0.2) is 35.5 Å². The summed E-state index contributed by atoms with van der Waals surface area (Å²) in [5.74, 6) is 0. The van der Waals surface area contributed by atoms with Gasteiger partial charge in [0.25, 0.3) is 0 Å². The van der Waals surface area contributed by atoms with E-state index in [-0.39, 0.29) is 11.6 Å². The Labute approximate surface area is 120 Å². The molecule has 1 heterocycles. The van der Waals surface area contributed by atoms with E-state index in [1.165, 1.54) is 12.2 Å². The van der Waals surface area contributed by atoms with E-state index in [4.69, 9.17) is 9.94 Å². The van der Waals surface area contributed by atoms with Gasteiger partial charge in [0, 0.05) is 0 Å². The van der Waals surface area contributed by atoms with Crippen LogP contribution in [-0.4, -0.2) is 17.5 Å². The maximum absolute atomic E-state index is 12.7. The second kappa shape index (κ2) is 5.64. The highest BCUT2D eigenvalue weighted by atomic mass is 19.4. The molecule has 0 fully saturated rings. The van der Waals surface area contributed by atoms with Gasteiger partial charge in [0.05, 0.1) is 17.3 Å². The molecule has 0 radical (unpaired) electrons. The van der Waals surface area contributed by atoms with Crippen LogP contribution in [0.3, 0.4) is 0 Å². The lowest BCUT2D eigenvalue weighted by Gasteiger charge is -2.17. The largest absolute Gasteiger partial charge is 0.416 e. The number of halogens is 6. The van der Waals surface area contributed by atoms with Gasteiger partial charge in [0.15, 0.2) is 0 Å². The maximum Gasteiger partial charge on any atom is 0.416 e. The van der Waals surface area contributed by atoms with Crippen molar-refractivity contribution in [2.45, 2.75) is 24.6 Å². The number of rotatable bonds is 2. The van der Waals surface area contributed by atoms with E-state index in [2.05, 4.69) is 5.16 Å². The van der Waals surface area contributed by atoms with Gasteiger partial charge in [-0.1, -0.05) is 17.3 Å². The smallest absolute Gasteiger partial charge is 0.411 e. The minimum atomic E-state index is -4.91. The van der Waals surface area contributed by atoms with Crippen molar-refractivity contribution in [3.05, 3.63) is 47.0 Å². The molecule has 3 nitrogen and oxygen atoms in total. The fraction of sp³-hybridized carbons (Fsp3) is 0.308. The maximum atomic E-state index is 12.7. The van der Waals surface area contributed by atoms with E-state index in [9.17, 15) is 26.3 Å². The Kier molecular flexibility index (Phi) is 4.19. The molecule has 120 valence electrons. The zero-order chi connectivity index (χ0) is 16.5. The molecule has 0 amide bonds. The highest BCUT2D eigenvalue weighted by Crippen LogP contribution is 2.39. The van der Waals surface area contributed by atoms with Gasteiger partial charge in [-0.3, -0.25) is 0 Å². The van der Waals surface area contributed by atoms with Crippen LogP contribution in [0, 0.1) is 0 Å². The lowest BCUT2D eigenvalue weighted by molar-refractivity contribution is -0.143. The number of ether oxygens (including phenoxy) is 1. The van der Waals surface area contributed by atoms with Crippen molar-refractivity contribution in [1.82, 2.24) is 0 Å². The first kappa shape index (κ1) is 16.3. The van der Waals surface area contributed by atoms with Gasteiger partial charge in [-0.2, -0.15) is 26.3 Å². The van der Waals surface area contributed by atoms with E-state index in [1.807, 2.05) is 0 Å². The summed E-state index contributed by atoms with van der Waals surface area (Å²) in [5.41, 5.74) is -3.10. The number of hydrogen-bond donors (Lipinski definition) is 1. The normalized spacial score (nSPS) is 22.6. The predicted octanol–water partition coefficient (Wildman–Crippen LogP) is 4.18. The molecule has 9 heteroatoms. The van der Waals surface area contributed by atoms with E-state index < -0.39 is 35.7 Å². The van der Waals surface area contributed by atoms with Crippen molar-refractivity contribution >= 4 is 6.21 Å². The van der Waals surface area contributed by atoms with E-state index in [1.54, 1.807) is 0 Å². The summed E-state index contributed by atoms with van der Waals surface area (Å²) in [5, 5.41) is 11.0. The molecule has 1 N–H and O–H groups in total. The SMILES string of the molecule is O/N=C/C1C=CC(c2cc(C(F)(F)F)cc(C(F)(F)F)c2)O1. The number of nitrogens with zero attached hydrogens (tertiary/aromatic N) is 1. The Morgan fingerprint density at radius 3 is 1.95 bits per heavy atom. The summed E-state index contributed by atoms with van der Waals surface area (Å²) in [7, 11) is 0. The van der Waals surface area contributed by atoms with Gasteiger partial charge in [-0.05, 0) is 23.8 Å². The van der Waals surface area contributed by atoms with Gasteiger partial charge < -0.3 is 9.94 Å². The molecule has 0 aliphatic carbocycles. The Morgan fingerprint density at radius 2 is 1.50 bits per heavy atom. The predicted molar refractivity (Wildman–Crippen MR) is 63.5 cm³/mol. The summed E-state index contributed by atoms with van der Waals surface area (Å²) in [6.07, 6.45) is -8.13. The molecule has 0 saturated carbocycles. The van der Waals surface area contributed by atoms with E-state index >= 15 is 0 Å². The minimum absolute atomic E-state index is 0.0504. The van der Waals surface area contributed by atoms with Crippen molar-refractivity contribution in [2.75, 3.05) is 0 Å². The van der Waals surface area contributed by atoms with Crippen LogP contribution >= 0.6 is 0 Å². The van der Waals surface area contributed by atoms with Crippen LogP contribution in [0.5, 0.6) is 0 Å². The van der Waals surface area contributed by atoms with Gasteiger partial charge in [0.2, 0.25) is 0 Å². The summed E-state index contributed by atoms with van der Waals surface area (Å²) in [4.78, 5) is 0. The highest BCUT2D eigenvalue weighted by Gasteiger charge is 2.37. The molecule has 1 aliphatic heterocycles. The lowest BCUT2D eigenvalue weighted by Crippen LogP contribution is -2.14. The quantitative estimate of drug-likeness (QED) is 0.291. The zero-order valence-electron chi connectivity index (χ0n) is 10.7. The summed E-state index contributed by atoms with van der Waals surface area (Å²) < 4.78 is 81.6. The second-order valence-corrected chi connectivity index (χ2v) is 4.51.